The number of benzene rings is 2. The van der Waals surface area contributed by atoms with Gasteiger partial charge in [0.25, 0.3) is 0 Å². The third-order valence-corrected chi connectivity index (χ3v) is 5.35. The largest absolute Gasteiger partial charge is 0.507 e. The van der Waals surface area contributed by atoms with E-state index >= 15 is 0 Å². The van der Waals surface area contributed by atoms with Crippen LogP contribution in [0, 0.1) is 0 Å². The number of unbranched alkanes of at least 4 members (excludes halogenated alkanes) is 5. The molecule has 0 spiro atoms. The first-order chi connectivity index (χ1) is 12.6. The van der Waals surface area contributed by atoms with E-state index in [0.29, 0.717) is 11.7 Å². The van der Waals surface area contributed by atoms with Crippen LogP contribution in [0.5, 0.6) is 5.75 Å². The lowest BCUT2D eigenvalue weighted by atomic mass is 9.82. The maximum absolute atomic E-state index is 10.8. The highest BCUT2D eigenvalue weighted by atomic mass is 16.3. The van der Waals surface area contributed by atoms with Gasteiger partial charge in [0.1, 0.15) is 5.75 Å². The summed E-state index contributed by atoms with van der Waals surface area (Å²) in [6.45, 7) is 8.98. The zero-order chi connectivity index (χ0) is 18.9. The molecular weight excluding hydrogens is 316 g/mol. The van der Waals surface area contributed by atoms with E-state index in [1.807, 2.05) is 12.1 Å². The molecule has 0 aliphatic carbocycles. The van der Waals surface area contributed by atoms with Crippen molar-refractivity contribution in [3.8, 4) is 16.9 Å². The fourth-order valence-electron chi connectivity index (χ4n) is 4.02. The van der Waals surface area contributed by atoms with Crippen LogP contribution < -0.4 is 0 Å². The molecule has 1 heteroatoms. The van der Waals surface area contributed by atoms with E-state index in [9.17, 15) is 5.11 Å². The molecule has 26 heavy (non-hydrogen) atoms. The predicted octanol–water partition coefficient (Wildman–Crippen LogP) is 7.65. The van der Waals surface area contributed by atoms with Gasteiger partial charge in [0, 0.05) is 5.56 Å². The van der Waals surface area contributed by atoms with Crippen molar-refractivity contribution >= 4 is 0 Å². The zero-order valence-corrected chi connectivity index (χ0v) is 17.1. The van der Waals surface area contributed by atoms with Gasteiger partial charge in [0.2, 0.25) is 0 Å². The van der Waals surface area contributed by atoms with E-state index in [4.69, 9.17) is 0 Å². The van der Waals surface area contributed by atoms with Crippen LogP contribution in [0.25, 0.3) is 11.1 Å². The molecule has 0 amide bonds. The van der Waals surface area contributed by atoms with E-state index in [1.165, 1.54) is 55.2 Å². The lowest BCUT2D eigenvalue weighted by molar-refractivity contribution is 0.475. The minimum Gasteiger partial charge on any atom is -0.507 e. The summed E-state index contributed by atoms with van der Waals surface area (Å²) >= 11 is 0. The Balaban J connectivity index is 2.35. The summed E-state index contributed by atoms with van der Waals surface area (Å²) in [4.78, 5) is 0. The fraction of sp³-hybridized carbons (Fsp3) is 0.520. The molecule has 0 saturated carbocycles. The normalized spacial score (nSPS) is 11.3. The molecule has 0 aromatic heterocycles. The first-order valence-electron chi connectivity index (χ1n) is 10.5. The van der Waals surface area contributed by atoms with Crippen molar-refractivity contribution in [3.05, 3.63) is 53.1 Å². The van der Waals surface area contributed by atoms with Gasteiger partial charge in [-0.05, 0) is 53.5 Å². The number of rotatable bonds is 10. The van der Waals surface area contributed by atoms with Gasteiger partial charge < -0.3 is 5.11 Å². The fourth-order valence-corrected chi connectivity index (χ4v) is 4.02. The van der Waals surface area contributed by atoms with E-state index in [0.717, 1.165) is 24.0 Å². The first kappa shape index (κ1) is 20.6. The summed E-state index contributed by atoms with van der Waals surface area (Å²) in [6.07, 6.45) is 10.0. The molecule has 1 nitrogen and oxygen atoms in total. The molecule has 0 bridgehead atoms. The van der Waals surface area contributed by atoms with Crippen LogP contribution in [0.2, 0.25) is 0 Å². The molecule has 0 atom stereocenters. The van der Waals surface area contributed by atoms with Crippen molar-refractivity contribution in [3.63, 3.8) is 0 Å². The van der Waals surface area contributed by atoms with Gasteiger partial charge in [-0.2, -0.15) is 0 Å². The average molecular weight is 353 g/mol. The Morgan fingerprint density at radius 2 is 1.54 bits per heavy atom. The minimum atomic E-state index is 0.401. The molecular formula is C25H36O. The second-order valence-corrected chi connectivity index (χ2v) is 7.71. The highest BCUT2D eigenvalue weighted by Gasteiger charge is 2.20. The SMILES string of the molecule is CCCCCCCCc1c(CC)cc(O)c(-c2ccccc2)c1C(C)C. The highest BCUT2D eigenvalue weighted by Crippen LogP contribution is 2.41. The number of phenolic OH excluding ortho intramolecular Hbond substituents is 1. The summed E-state index contributed by atoms with van der Waals surface area (Å²) in [6, 6.07) is 12.4. The molecule has 2 rings (SSSR count). The third kappa shape index (κ3) is 5.13. The Labute approximate surface area is 160 Å². The van der Waals surface area contributed by atoms with Crippen LogP contribution in [-0.4, -0.2) is 5.11 Å². The molecule has 142 valence electrons. The number of hydrogen-bond donors (Lipinski definition) is 1. The molecule has 0 saturated heterocycles. The highest BCUT2D eigenvalue weighted by molar-refractivity contribution is 5.76. The van der Waals surface area contributed by atoms with E-state index in [-0.39, 0.29) is 0 Å². The van der Waals surface area contributed by atoms with E-state index in [2.05, 4.69) is 52.0 Å². The van der Waals surface area contributed by atoms with Gasteiger partial charge in [-0.3, -0.25) is 0 Å². The summed E-state index contributed by atoms with van der Waals surface area (Å²) < 4.78 is 0. The third-order valence-electron chi connectivity index (χ3n) is 5.35. The van der Waals surface area contributed by atoms with Gasteiger partial charge in [0.15, 0.2) is 0 Å². The lowest BCUT2D eigenvalue weighted by Crippen LogP contribution is -2.05. The number of aryl methyl sites for hydroxylation is 1. The first-order valence-corrected chi connectivity index (χ1v) is 10.5. The van der Waals surface area contributed by atoms with Crippen LogP contribution in [0.4, 0.5) is 0 Å². The number of aromatic hydroxyl groups is 1. The molecule has 1 N–H and O–H groups in total. The van der Waals surface area contributed by atoms with Crippen molar-refractivity contribution in [2.45, 2.75) is 85.0 Å². The number of phenols is 1. The van der Waals surface area contributed by atoms with E-state index in [1.54, 1.807) is 0 Å². The molecule has 0 aliphatic heterocycles. The zero-order valence-electron chi connectivity index (χ0n) is 17.1. The van der Waals surface area contributed by atoms with Gasteiger partial charge in [-0.1, -0.05) is 90.1 Å². The Morgan fingerprint density at radius 1 is 0.885 bits per heavy atom. The summed E-state index contributed by atoms with van der Waals surface area (Å²) in [5.74, 6) is 0.834. The quantitative estimate of drug-likeness (QED) is 0.435. The van der Waals surface area contributed by atoms with Crippen LogP contribution in [0.15, 0.2) is 36.4 Å². The molecule has 2 aromatic rings. The van der Waals surface area contributed by atoms with Crippen LogP contribution in [-0.2, 0) is 12.8 Å². The van der Waals surface area contributed by atoms with Gasteiger partial charge in [0.05, 0.1) is 0 Å². The maximum atomic E-state index is 10.8. The van der Waals surface area contributed by atoms with Crippen LogP contribution in [0.3, 0.4) is 0 Å². The summed E-state index contributed by atoms with van der Waals surface area (Å²) in [7, 11) is 0. The van der Waals surface area contributed by atoms with Crippen molar-refractivity contribution in [2.75, 3.05) is 0 Å². The lowest BCUT2D eigenvalue weighted by Gasteiger charge is -2.23. The van der Waals surface area contributed by atoms with Gasteiger partial charge in [-0.15, -0.1) is 0 Å². The molecule has 0 radical (unpaired) electrons. The Kier molecular flexibility index (Phi) is 8.22. The smallest absolute Gasteiger partial charge is 0.123 e. The average Bonchev–Trinajstić information content (AvgIpc) is 2.65. The summed E-state index contributed by atoms with van der Waals surface area (Å²) in [5, 5.41) is 10.8. The number of hydrogen-bond acceptors (Lipinski definition) is 1. The standard InChI is InChI=1S/C25H36O/c1-5-7-8-9-10-14-17-22-20(6-2)18-23(26)25(24(22)19(3)4)21-15-12-11-13-16-21/h11-13,15-16,18-19,26H,5-10,14,17H2,1-4H3. The van der Waals surface area contributed by atoms with Gasteiger partial charge >= 0.3 is 0 Å². The van der Waals surface area contributed by atoms with Crippen LogP contribution in [0.1, 0.15) is 88.8 Å². The van der Waals surface area contributed by atoms with Crippen molar-refractivity contribution in [1.29, 1.82) is 0 Å². The second kappa shape index (κ2) is 10.4. The Hall–Kier alpha value is -1.76. The van der Waals surface area contributed by atoms with Crippen LogP contribution >= 0.6 is 0 Å². The Morgan fingerprint density at radius 3 is 2.15 bits per heavy atom. The second-order valence-electron chi connectivity index (χ2n) is 7.71. The Bertz CT molecular complexity index is 670. The monoisotopic (exact) mass is 352 g/mol. The predicted molar refractivity (Wildman–Crippen MR) is 114 cm³/mol. The molecule has 0 aliphatic rings. The molecule has 0 unspecified atom stereocenters. The van der Waals surface area contributed by atoms with Crippen molar-refractivity contribution in [1.82, 2.24) is 0 Å². The molecule has 2 aromatic carbocycles. The van der Waals surface area contributed by atoms with E-state index < -0.39 is 0 Å². The van der Waals surface area contributed by atoms with Crippen molar-refractivity contribution < 1.29 is 5.11 Å². The molecule has 0 fully saturated rings. The summed E-state index contributed by atoms with van der Waals surface area (Å²) in [5.41, 5.74) is 6.31. The minimum absolute atomic E-state index is 0.401. The van der Waals surface area contributed by atoms with Gasteiger partial charge in [-0.25, -0.2) is 0 Å². The van der Waals surface area contributed by atoms with Crippen molar-refractivity contribution in [2.24, 2.45) is 0 Å². The topological polar surface area (TPSA) is 20.2 Å². The maximum Gasteiger partial charge on any atom is 0.123 e. The molecule has 0 heterocycles.